The molecule has 0 heterocycles. The fourth-order valence-electron chi connectivity index (χ4n) is 2.63. The molecular weight excluding hydrogens is 340 g/mol. The second-order valence-corrected chi connectivity index (χ2v) is 18.1. The van der Waals surface area contributed by atoms with E-state index in [2.05, 4.69) is 64.4 Å². The third-order valence-corrected chi connectivity index (χ3v) is 6.18. The molecule has 0 fully saturated rings. The van der Waals surface area contributed by atoms with E-state index < -0.39 is 16.6 Å². The Morgan fingerprint density at radius 1 is 0.720 bits per heavy atom. The molecule has 0 aliphatic rings. The maximum Gasteiger partial charge on any atom is 0.184 e. The third-order valence-electron chi connectivity index (χ3n) is 4.16. The van der Waals surface area contributed by atoms with Crippen molar-refractivity contribution >= 4 is 16.6 Å². The van der Waals surface area contributed by atoms with Gasteiger partial charge >= 0.3 is 0 Å². The predicted octanol–water partition coefficient (Wildman–Crippen LogP) is 6.90. The molecule has 0 aliphatic heterocycles. The minimum absolute atomic E-state index is 0.719. The van der Waals surface area contributed by atoms with E-state index in [1.165, 1.54) is 55.2 Å². The van der Waals surface area contributed by atoms with E-state index in [1.54, 1.807) is 0 Å². The normalized spacial score (nSPS) is 12.6. The van der Waals surface area contributed by atoms with Crippen LogP contribution >= 0.6 is 0 Å². The quantitative estimate of drug-likeness (QED) is 0.290. The van der Waals surface area contributed by atoms with Crippen molar-refractivity contribution in [2.75, 3.05) is 0 Å². The summed E-state index contributed by atoms with van der Waals surface area (Å²) in [5, 5.41) is 0. The monoisotopic (exact) mass is 380 g/mol. The van der Waals surface area contributed by atoms with Crippen LogP contribution in [0, 0.1) is 0 Å². The molecule has 0 saturated carbocycles. The van der Waals surface area contributed by atoms with E-state index in [9.17, 15) is 0 Å². The van der Waals surface area contributed by atoms with Crippen molar-refractivity contribution in [1.29, 1.82) is 0 Å². The molecule has 0 aliphatic carbocycles. The van der Waals surface area contributed by atoms with Gasteiger partial charge in [0.1, 0.15) is 0 Å². The van der Waals surface area contributed by atoms with Crippen LogP contribution in [0.3, 0.4) is 0 Å². The second-order valence-electron chi connectivity index (χ2n) is 9.07. The van der Waals surface area contributed by atoms with Gasteiger partial charge in [-0.2, -0.15) is 0 Å². The second kappa shape index (κ2) is 10.7. The number of benzene rings is 1. The molecule has 0 N–H and O–H groups in total. The first-order valence-corrected chi connectivity index (χ1v) is 16.8. The fraction of sp³-hybridized carbons (Fsp3) is 0.714. The molecule has 0 spiro atoms. The zero-order valence-corrected chi connectivity index (χ0v) is 19.7. The maximum absolute atomic E-state index is 6.20. The molecular formula is C21H40O2Si2. The summed E-state index contributed by atoms with van der Waals surface area (Å²) in [6, 6.07) is 6.92. The van der Waals surface area contributed by atoms with Crippen LogP contribution in [0.5, 0.6) is 0 Å². The highest BCUT2D eigenvalue weighted by atomic mass is 28.4. The van der Waals surface area contributed by atoms with Gasteiger partial charge in [0, 0.05) is 0 Å². The summed E-state index contributed by atoms with van der Waals surface area (Å²) >= 11 is 0. The molecule has 0 aromatic heterocycles. The van der Waals surface area contributed by atoms with Crippen molar-refractivity contribution in [1.82, 2.24) is 0 Å². The molecule has 2 nitrogen and oxygen atoms in total. The van der Waals surface area contributed by atoms with E-state index in [0.29, 0.717) is 0 Å². The zero-order chi connectivity index (χ0) is 18.9. The lowest BCUT2D eigenvalue weighted by molar-refractivity contribution is 0.278. The molecule has 1 rings (SSSR count). The van der Waals surface area contributed by atoms with Crippen molar-refractivity contribution in [2.45, 2.75) is 97.9 Å². The van der Waals surface area contributed by atoms with Crippen LogP contribution in [0.25, 0.3) is 0 Å². The largest absolute Gasteiger partial charge is 0.413 e. The molecule has 0 unspecified atom stereocenters. The SMILES string of the molecule is CCCCCCCc1ccc(CO[Si](C)(C)C)c(CO[Si](C)(C)C)c1. The van der Waals surface area contributed by atoms with Gasteiger partial charge in [-0.1, -0.05) is 50.8 Å². The lowest BCUT2D eigenvalue weighted by atomic mass is 10.0. The Morgan fingerprint density at radius 3 is 1.84 bits per heavy atom. The van der Waals surface area contributed by atoms with E-state index in [-0.39, 0.29) is 0 Å². The van der Waals surface area contributed by atoms with Gasteiger partial charge in [-0.25, -0.2) is 0 Å². The molecule has 144 valence electrons. The Balaban J connectivity index is 2.74. The molecule has 0 saturated heterocycles. The number of hydrogen-bond acceptors (Lipinski definition) is 2. The van der Waals surface area contributed by atoms with Gasteiger partial charge in [-0.3, -0.25) is 0 Å². The molecule has 1 aromatic rings. The lowest BCUT2D eigenvalue weighted by Crippen LogP contribution is -2.26. The van der Waals surface area contributed by atoms with Crippen molar-refractivity contribution < 1.29 is 8.85 Å². The fourth-order valence-corrected chi connectivity index (χ4v) is 3.81. The van der Waals surface area contributed by atoms with Gasteiger partial charge in [0.05, 0.1) is 13.2 Å². The van der Waals surface area contributed by atoms with Crippen LogP contribution in [-0.4, -0.2) is 16.6 Å². The number of rotatable bonds is 12. The van der Waals surface area contributed by atoms with Crippen molar-refractivity contribution in [3.8, 4) is 0 Å². The first-order valence-electron chi connectivity index (χ1n) is 9.99. The highest BCUT2D eigenvalue weighted by molar-refractivity contribution is 6.70. The Bertz CT molecular complexity index is 502. The average molecular weight is 381 g/mol. The van der Waals surface area contributed by atoms with Gasteiger partial charge in [0.25, 0.3) is 0 Å². The summed E-state index contributed by atoms with van der Waals surface area (Å²) in [5.74, 6) is 0. The van der Waals surface area contributed by atoms with Gasteiger partial charge in [0.15, 0.2) is 16.6 Å². The Hall–Kier alpha value is -0.426. The van der Waals surface area contributed by atoms with E-state index in [1.807, 2.05) is 0 Å². The topological polar surface area (TPSA) is 18.5 Å². The van der Waals surface area contributed by atoms with Gasteiger partial charge in [-0.15, -0.1) is 0 Å². The van der Waals surface area contributed by atoms with Crippen LogP contribution in [0.2, 0.25) is 39.3 Å². The number of hydrogen-bond donors (Lipinski definition) is 0. The zero-order valence-electron chi connectivity index (χ0n) is 17.7. The summed E-state index contributed by atoms with van der Waals surface area (Å²) < 4.78 is 12.3. The lowest BCUT2D eigenvalue weighted by Gasteiger charge is -2.22. The summed E-state index contributed by atoms with van der Waals surface area (Å²) in [4.78, 5) is 0. The van der Waals surface area contributed by atoms with Crippen LogP contribution in [0.15, 0.2) is 18.2 Å². The van der Waals surface area contributed by atoms with E-state index in [4.69, 9.17) is 8.85 Å². The van der Waals surface area contributed by atoms with Crippen molar-refractivity contribution in [3.05, 3.63) is 34.9 Å². The van der Waals surface area contributed by atoms with Crippen LogP contribution in [0.4, 0.5) is 0 Å². The molecule has 0 atom stereocenters. The standard InChI is InChI=1S/C21H40O2Si2/c1-8-9-10-11-12-13-19-14-15-20(17-22-24(2,3)4)21(16-19)18-23-25(5,6)7/h14-16H,8-13,17-18H2,1-7H3. The first kappa shape index (κ1) is 22.6. The number of aryl methyl sites for hydroxylation is 1. The first-order chi connectivity index (χ1) is 11.6. The molecule has 1 aromatic carbocycles. The predicted molar refractivity (Wildman–Crippen MR) is 115 cm³/mol. The van der Waals surface area contributed by atoms with Crippen molar-refractivity contribution in [3.63, 3.8) is 0 Å². The molecule has 4 heteroatoms. The molecule has 0 bridgehead atoms. The minimum atomic E-state index is -1.51. The average Bonchev–Trinajstić information content (AvgIpc) is 2.50. The van der Waals surface area contributed by atoms with Gasteiger partial charge in [-0.05, 0) is 68.8 Å². The summed E-state index contributed by atoms with van der Waals surface area (Å²) in [5.41, 5.74) is 4.07. The Morgan fingerprint density at radius 2 is 1.28 bits per heavy atom. The Labute approximate surface area is 158 Å². The highest BCUT2D eigenvalue weighted by Crippen LogP contribution is 2.20. The van der Waals surface area contributed by atoms with Crippen molar-refractivity contribution in [2.24, 2.45) is 0 Å². The summed E-state index contributed by atoms with van der Waals surface area (Å²) in [7, 11) is -3.01. The van der Waals surface area contributed by atoms with Gasteiger partial charge in [0.2, 0.25) is 0 Å². The van der Waals surface area contributed by atoms with Gasteiger partial charge < -0.3 is 8.85 Å². The third kappa shape index (κ3) is 11.0. The summed E-state index contributed by atoms with van der Waals surface area (Å²) in [6.07, 6.45) is 7.85. The summed E-state index contributed by atoms with van der Waals surface area (Å²) in [6.45, 7) is 17.2. The molecule has 25 heavy (non-hydrogen) atoms. The maximum atomic E-state index is 6.20. The number of unbranched alkanes of at least 4 members (excludes halogenated alkanes) is 4. The molecule has 0 amide bonds. The van der Waals surface area contributed by atoms with Crippen LogP contribution < -0.4 is 0 Å². The minimum Gasteiger partial charge on any atom is -0.413 e. The molecule has 0 radical (unpaired) electrons. The van der Waals surface area contributed by atoms with E-state index >= 15 is 0 Å². The smallest absolute Gasteiger partial charge is 0.184 e. The van der Waals surface area contributed by atoms with Crippen LogP contribution in [0.1, 0.15) is 55.7 Å². The van der Waals surface area contributed by atoms with E-state index in [0.717, 1.165) is 13.2 Å². The Kier molecular flexibility index (Phi) is 9.64. The highest BCUT2D eigenvalue weighted by Gasteiger charge is 2.18. The van der Waals surface area contributed by atoms with Crippen LogP contribution in [-0.2, 0) is 28.5 Å².